The molecule has 1 heterocycles. The molecule has 1 aliphatic carbocycles. The summed E-state index contributed by atoms with van der Waals surface area (Å²) in [6.45, 7) is 0. The largest absolute Gasteiger partial charge is 0.337 e. The molecule has 0 radical (unpaired) electrons. The van der Waals surface area contributed by atoms with Crippen molar-refractivity contribution in [3.05, 3.63) is 52.8 Å². The number of halogens is 2. The van der Waals surface area contributed by atoms with E-state index in [1.165, 1.54) is 12.8 Å². The lowest BCUT2D eigenvalue weighted by Crippen LogP contribution is -2.46. The summed E-state index contributed by atoms with van der Waals surface area (Å²) in [7, 11) is 1.86. The van der Waals surface area contributed by atoms with Crippen molar-refractivity contribution >= 4 is 40.1 Å². The Bertz CT molecular complexity index is 727. The van der Waals surface area contributed by atoms with Gasteiger partial charge in [-0.2, -0.15) is 5.10 Å². The number of aryl methyl sites for hydroxylation is 1. The second-order valence-corrected chi connectivity index (χ2v) is 8.55. The van der Waals surface area contributed by atoms with Crippen LogP contribution in [-0.2, 0) is 21.8 Å². The van der Waals surface area contributed by atoms with Gasteiger partial charge in [0.05, 0.1) is 12.1 Å². The van der Waals surface area contributed by atoms with Crippen LogP contribution in [0.4, 0.5) is 0 Å². The second kappa shape index (κ2) is 7.44. The van der Waals surface area contributed by atoms with Crippen LogP contribution in [0.2, 0.25) is 5.02 Å². The first-order valence-corrected chi connectivity index (χ1v) is 9.67. The molecular formula is C18H21ClIN3O. The number of carbonyl (C=O) groups is 1. The summed E-state index contributed by atoms with van der Waals surface area (Å²) in [5.41, 5.74) is 1.85. The van der Waals surface area contributed by atoms with Gasteiger partial charge in [0.25, 0.3) is 0 Å². The fraction of sp³-hybridized carbons (Fsp3) is 0.444. The summed E-state index contributed by atoms with van der Waals surface area (Å²) in [4.78, 5) is 12.7. The van der Waals surface area contributed by atoms with Crippen LogP contribution in [0.1, 0.15) is 36.9 Å². The Kier molecular flexibility index (Phi) is 5.49. The lowest BCUT2D eigenvalue weighted by molar-refractivity contribution is -0.121. The molecule has 1 aromatic heterocycles. The highest BCUT2D eigenvalue weighted by Crippen LogP contribution is 2.45. The summed E-state index contributed by atoms with van der Waals surface area (Å²) < 4.78 is 1.29. The molecule has 2 aromatic rings. The van der Waals surface area contributed by atoms with Gasteiger partial charge in [0, 0.05) is 18.3 Å². The molecule has 6 heteroatoms. The molecule has 0 spiro atoms. The Morgan fingerprint density at radius 1 is 1.42 bits per heavy atom. The Hall–Kier alpha value is -1.08. The van der Waals surface area contributed by atoms with Crippen molar-refractivity contribution in [1.29, 1.82) is 0 Å². The third-order valence-electron chi connectivity index (χ3n) is 4.59. The molecule has 3 rings (SSSR count). The maximum absolute atomic E-state index is 12.7. The highest BCUT2D eigenvalue weighted by Gasteiger charge is 2.40. The molecule has 128 valence electrons. The normalized spacial score (nSPS) is 17.6. The van der Waals surface area contributed by atoms with E-state index in [4.69, 9.17) is 11.6 Å². The van der Waals surface area contributed by atoms with Crippen LogP contribution in [0.3, 0.4) is 0 Å². The number of carbonyl (C=O) groups excluding carboxylic acids is 1. The molecule has 1 saturated carbocycles. The van der Waals surface area contributed by atoms with Crippen LogP contribution in [0.25, 0.3) is 0 Å². The first kappa shape index (κ1) is 17.7. The average Bonchev–Trinajstić information content (AvgIpc) is 3.19. The molecule has 1 N–H and O–H groups in total. The third kappa shape index (κ3) is 3.94. The van der Waals surface area contributed by atoms with Crippen molar-refractivity contribution in [2.45, 2.75) is 35.6 Å². The molecule has 0 unspecified atom stereocenters. The minimum Gasteiger partial charge on any atom is -0.337 e. The first-order chi connectivity index (χ1) is 11.5. The minimum atomic E-state index is -0.426. The number of nitrogens with zero attached hydrogens (tertiary/aromatic N) is 2. The lowest BCUT2D eigenvalue weighted by Gasteiger charge is -2.35. The molecule has 0 saturated heterocycles. The highest BCUT2D eigenvalue weighted by atomic mass is 127. The van der Waals surface area contributed by atoms with E-state index < -0.39 is 3.55 Å². The predicted molar refractivity (Wildman–Crippen MR) is 104 cm³/mol. The molecular weight excluding hydrogens is 437 g/mol. The van der Waals surface area contributed by atoms with E-state index in [0.29, 0.717) is 17.4 Å². The van der Waals surface area contributed by atoms with Gasteiger partial charge in [-0.25, -0.2) is 0 Å². The number of amides is 1. The quantitative estimate of drug-likeness (QED) is 0.415. The number of aromatic nitrogens is 2. The average molecular weight is 458 g/mol. The zero-order chi connectivity index (χ0) is 17.2. The number of rotatable bonds is 5. The monoisotopic (exact) mass is 457 g/mol. The summed E-state index contributed by atoms with van der Waals surface area (Å²) in [6.07, 6.45) is 6.82. The van der Waals surface area contributed by atoms with Crippen molar-refractivity contribution in [3.63, 3.8) is 0 Å². The van der Waals surface area contributed by atoms with Gasteiger partial charge in [-0.3, -0.25) is 9.48 Å². The van der Waals surface area contributed by atoms with E-state index >= 15 is 0 Å². The second-order valence-electron chi connectivity index (χ2n) is 6.41. The SMILES string of the molecule is Cn1ccc(CC(=O)N[C@](I)(c2cccc(Cl)c2)C2CCCC2)n1. The molecule has 0 aliphatic heterocycles. The number of alkyl halides is 1. The predicted octanol–water partition coefficient (Wildman–Crippen LogP) is 4.21. The molecule has 1 aliphatic rings. The van der Waals surface area contributed by atoms with E-state index in [0.717, 1.165) is 24.1 Å². The van der Waals surface area contributed by atoms with E-state index in [1.807, 2.05) is 37.5 Å². The zero-order valence-electron chi connectivity index (χ0n) is 13.6. The summed E-state index contributed by atoms with van der Waals surface area (Å²) in [6, 6.07) is 9.71. The van der Waals surface area contributed by atoms with Gasteiger partial charge in [-0.05, 0) is 65.1 Å². The first-order valence-electron chi connectivity index (χ1n) is 8.22. The summed E-state index contributed by atoms with van der Waals surface area (Å²) >= 11 is 8.60. The molecule has 1 amide bonds. The van der Waals surface area contributed by atoms with Crippen LogP contribution < -0.4 is 5.32 Å². The number of hydrogen-bond acceptors (Lipinski definition) is 2. The van der Waals surface area contributed by atoms with Crippen LogP contribution in [0.15, 0.2) is 36.5 Å². The van der Waals surface area contributed by atoms with Gasteiger partial charge in [-0.15, -0.1) is 0 Å². The fourth-order valence-corrected chi connectivity index (χ4v) is 4.87. The van der Waals surface area contributed by atoms with E-state index in [9.17, 15) is 4.79 Å². The van der Waals surface area contributed by atoms with Crippen LogP contribution in [-0.4, -0.2) is 15.7 Å². The fourth-order valence-electron chi connectivity index (χ4n) is 3.42. The van der Waals surface area contributed by atoms with Gasteiger partial charge >= 0.3 is 0 Å². The van der Waals surface area contributed by atoms with Crippen LogP contribution >= 0.6 is 34.2 Å². The maximum atomic E-state index is 12.7. The lowest BCUT2D eigenvalue weighted by atomic mass is 9.91. The summed E-state index contributed by atoms with van der Waals surface area (Å²) in [5.74, 6) is 0.416. The van der Waals surface area contributed by atoms with Gasteiger partial charge in [0.15, 0.2) is 0 Å². The van der Waals surface area contributed by atoms with Crippen molar-refractivity contribution in [1.82, 2.24) is 15.1 Å². The van der Waals surface area contributed by atoms with Crippen molar-refractivity contribution in [2.24, 2.45) is 13.0 Å². The Morgan fingerprint density at radius 2 is 2.17 bits per heavy atom. The minimum absolute atomic E-state index is 0.00465. The van der Waals surface area contributed by atoms with E-state index in [1.54, 1.807) is 4.68 Å². The highest BCUT2D eigenvalue weighted by molar-refractivity contribution is 14.1. The molecule has 0 bridgehead atoms. The molecule has 1 aromatic carbocycles. The van der Waals surface area contributed by atoms with Crippen molar-refractivity contribution in [3.8, 4) is 0 Å². The maximum Gasteiger partial charge on any atom is 0.227 e. The third-order valence-corrected chi connectivity index (χ3v) is 6.60. The topological polar surface area (TPSA) is 46.9 Å². The Labute approximate surface area is 161 Å². The van der Waals surface area contributed by atoms with Crippen molar-refractivity contribution in [2.75, 3.05) is 0 Å². The van der Waals surface area contributed by atoms with Crippen molar-refractivity contribution < 1.29 is 4.79 Å². The number of benzene rings is 1. The van der Waals surface area contributed by atoms with E-state index in [2.05, 4.69) is 39.1 Å². The molecule has 24 heavy (non-hydrogen) atoms. The standard InChI is InChI=1S/C18H21ClIN3O/c1-23-10-9-16(22-23)12-17(24)21-18(20,13-5-2-3-6-13)14-7-4-8-15(19)11-14/h4,7-11,13H,2-3,5-6,12H2,1H3,(H,21,24)/t18-/m0/s1. The smallest absolute Gasteiger partial charge is 0.227 e. The molecule has 1 atom stereocenters. The number of hydrogen-bond donors (Lipinski definition) is 1. The van der Waals surface area contributed by atoms with Crippen LogP contribution in [0.5, 0.6) is 0 Å². The molecule has 1 fully saturated rings. The van der Waals surface area contributed by atoms with Gasteiger partial charge < -0.3 is 5.32 Å². The van der Waals surface area contributed by atoms with Crippen LogP contribution in [0, 0.1) is 5.92 Å². The zero-order valence-corrected chi connectivity index (χ0v) is 16.5. The number of nitrogens with one attached hydrogen (secondary N) is 1. The van der Waals surface area contributed by atoms with Gasteiger partial charge in [0.2, 0.25) is 5.91 Å². The van der Waals surface area contributed by atoms with Gasteiger partial charge in [-0.1, -0.05) is 36.6 Å². The molecule has 4 nitrogen and oxygen atoms in total. The van der Waals surface area contributed by atoms with E-state index in [-0.39, 0.29) is 5.91 Å². The van der Waals surface area contributed by atoms with Gasteiger partial charge in [0.1, 0.15) is 3.55 Å². The summed E-state index contributed by atoms with van der Waals surface area (Å²) in [5, 5.41) is 8.27. The Morgan fingerprint density at radius 3 is 2.79 bits per heavy atom. The Balaban J connectivity index is 1.83.